The van der Waals surface area contributed by atoms with E-state index in [0.717, 1.165) is 0 Å². The van der Waals surface area contributed by atoms with Gasteiger partial charge < -0.3 is 10.2 Å². The van der Waals surface area contributed by atoms with Crippen LogP contribution in [0.2, 0.25) is 0 Å². The second-order valence-corrected chi connectivity index (χ2v) is 6.45. The van der Waals surface area contributed by atoms with Gasteiger partial charge in [0.05, 0.1) is 5.69 Å². The van der Waals surface area contributed by atoms with Crippen LogP contribution in [0.5, 0.6) is 0 Å². The second kappa shape index (κ2) is 7.42. The molecule has 7 heteroatoms. The highest BCUT2D eigenvalue weighted by Gasteiger charge is 2.21. The van der Waals surface area contributed by atoms with Crippen molar-refractivity contribution in [1.29, 1.82) is 0 Å². The largest absolute Gasteiger partial charge is 0.373 e. The van der Waals surface area contributed by atoms with E-state index in [9.17, 15) is 13.2 Å². The van der Waals surface area contributed by atoms with Gasteiger partial charge in [-0.2, -0.15) is 0 Å². The topological polar surface area (TPSA) is 78.5 Å². The Morgan fingerprint density at radius 2 is 1.90 bits per heavy atom. The summed E-state index contributed by atoms with van der Waals surface area (Å²) in [5.74, 6) is -0.0897. The number of nitrogens with one attached hydrogen (secondary N) is 2. The molecule has 118 valence electrons. The highest BCUT2D eigenvalue weighted by molar-refractivity contribution is 7.89. The van der Waals surface area contributed by atoms with Crippen LogP contribution in [0, 0.1) is 0 Å². The van der Waals surface area contributed by atoms with Crippen molar-refractivity contribution in [2.45, 2.75) is 31.7 Å². The zero-order valence-corrected chi connectivity index (χ0v) is 13.7. The standard InChI is InChI=1S/C14H23N3O3S/c1-5-15-21(19,20)13-10-8-7-9-12(13)16-11(3)14(18)17(4)6-2/h7-11,15-16H,5-6H2,1-4H3. The molecule has 0 aliphatic rings. The number of hydrogen-bond acceptors (Lipinski definition) is 4. The minimum atomic E-state index is -3.58. The molecule has 1 rings (SSSR count). The number of sulfonamides is 1. The van der Waals surface area contributed by atoms with Crippen molar-refractivity contribution in [2.75, 3.05) is 25.5 Å². The lowest BCUT2D eigenvalue weighted by molar-refractivity contribution is -0.130. The molecule has 6 nitrogen and oxygen atoms in total. The normalized spacial score (nSPS) is 12.8. The molecule has 21 heavy (non-hydrogen) atoms. The van der Waals surface area contributed by atoms with E-state index in [2.05, 4.69) is 10.0 Å². The highest BCUT2D eigenvalue weighted by Crippen LogP contribution is 2.21. The van der Waals surface area contributed by atoms with E-state index in [0.29, 0.717) is 18.8 Å². The summed E-state index contributed by atoms with van der Waals surface area (Å²) >= 11 is 0. The summed E-state index contributed by atoms with van der Waals surface area (Å²) in [5, 5.41) is 2.98. The summed E-state index contributed by atoms with van der Waals surface area (Å²) in [4.78, 5) is 13.8. The molecular formula is C14H23N3O3S. The SMILES string of the molecule is CCNS(=O)(=O)c1ccccc1NC(C)C(=O)N(C)CC. The van der Waals surface area contributed by atoms with Crippen LogP contribution in [-0.2, 0) is 14.8 Å². The predicted molar refractivity (Wildman–Crippen MR) is 83.7 cm³/mol. The second-order valence-electron chi connectivity index (χ2n) is 4.72. The summed E-state index contributed by atoms with van der Waals surface area (Å²) in [6, 6.07) is 6.04. The fourth-order valence-electron chi connectivity index (χ4n) is 1.87. The third-order valence-corrected chi connectivity index (χ3v) is 4.71. The molecule has 0 bridgehead atoms. The zero-order chi connectivity index (χ0) is 16.0. The lowest BCUT2D eigenvalue weighted by atomic mass is 10.2. The molecule has 0 aliphatic carbocycles. The van der Waals surface area contributed by atoms with Crippen molar-refractivity contribution in [3.63, 3.8) is 0 Å². The van der Waals surface area contributed by atoms with Gasteiger partial charge in [0.15, 0.2) is 0 Å². The van der Waals surface area contributed by atoms with E-state index in [1.807, 2.05) is 6.92 Å². The van der Waals surface area contributed by atoms with Crippen LogP contribution < -0.4 is 10.0 Å². The number of benzene rings is 1. The third kappa shape index (κ3) is 4.44. The van der Waals surface area contributed by atoms with Gasteiger partial charge in [-0.3, -0.25) is 4.79 Å². The molecule has 1 amide bonds. The number of hydrogen-bond donors (Lipinski definition) is 2. The van der Waals surface area contributed by atoms with Gasteiger partial charge in [0, 0.05) is 20.1 Å². The van der Waals surface area contributed by atoms with Crippen LogP contribution in [0.1, 0.15) is 20.8 Å². The Balaban J connectivity index is 3.03. The van der Waals surface area contributed by atoms with Gasteiger partial charge in [-0.25, -0.2) is 13.1 Å². The Labute approximate surface area is 126 Å². The van der Waals surface area contributed by atoms with Crippen LogP contribution in [0.25, 0.3) is 0 Å². The van der Waals surface area contributed by atoms with E-state index in [-0.39, 0.29) is 10.8 Å². The maximum atomic E-state index is 12.1. The Morgan fingerprint density at radius 1 is 1.29 bits per heavy atom. The summed E-state index contributed by atoms with van der Waals surface area (Å²) in [5.41, 5.74) is 0.420. The lowest BCUT2D eigenvalue weighted by Gasteiger charge is -2.22. The third-order valence-electron chi connectivity index (χ3n) is 3.10. The van der Waals surface area contributed by atoms with Gasteiger partial charge in [0.25, 0.3) is 0 Å². The first-order valence-electron chi connectivity index (χ1n) is 6.93. The van der Waals surface area contributed by atoms with E-state index in [4.69, 9.17) is 0 Å². The van der Waals surface area contributed by atoms with Crippen molar-refractivity contribution < 1.29 is 13.2 Å². The van der Waals surface area contributed by atoms with Crippen molar-refractivity contribution in [3.05, 3.63) is 24.3 Å². The fraction of sp³-hybridized carbons (Fsp3) is 0.500. The quantitative estimate of drug-likeness (QED) is 0.794. The molecule has 0 spiro atoms. The first kappa shape index (κ1) is 17.5. The number of carbonyl (C=O) groups is 1. The van der Waals surface area contributed by atoms with E-state index in [1.54, 1.807) is 44.0 Å². The van der Waals surface area contributed by atoms with E-state index >= 15 is 0 Å². The zero-order valence-electron chi connectivity index (χ0n) is 12.9. The average molecular weight is 313 g/mol. The summed E-state index contributed by atoms with van der Waals surface area (Å²) in [7, 11) is -1.87. The first-order valence-corrected chi connectivity index (χ1v) is 8.42. The molecule has 2 N–H and O–H groups in total. The van der Waals surface area contributed by atoms with Crippen LogP contribution in [0.3, 0.4) is 0 Å². The molecule has 1 atom stereocenters. The Hall–Kier alpha value is -1.60. The Bertz CT molecular complexity index is 587. The molecule has 0 aromatic heterocycles. The molecule has 0 heterocycles. The van der Waals surface area contributed by atoms with Gasteiger partial charge in [0.2, 0.25) is 15.9 Å². The van der Waals surface area contributed by atoms with Crippen LogP contribution >= 0.6 is 0 Å². The molecule has 1 unspecified atom stereocenters. The van der Waals surface area contributed by atoms with Crippen molar-refractivity contribution in [3.8, 4) is 0 Å². The van der Waals surface area contributed by atoms with Gasteiger partial charge in [-0.1, -0.05) is 19.1 Å². The number of para-hydroxylation sites is 1. The summed E-state index contributed by atoms with van der Waals surface area (Å²) in [6.07, 6.45) is 0. The molecule has 0 aliphatic heterocycles. The van der Waals surface area contributed by atoms with Crippen molar-refractivity contribution in [2.24, 2.45) is 0 Å². The number of anilines is 1. The molecule has 0 saturated heterocycles. The van der Waals surface area contributed by atoms with Crippen molar-refractivity contribution in [1.82, 2.24) is 9.62 Å². The smallest absolute Gasteiger partial charge is 0.244 e. The molecule has 0 saturated carbocycles. The predicted octanol–water partition coefficient (Wildman–Crippen LogP) is 1.26. The monoisotopic (exact) mass is 313 g/mol. The number of nitrogens with zero attached hydrogens (tertiary/aromatic N) is 1. The molecule has 1 aromatic carbocycles. The maximum Gasteiger partial charge on any atom is 0.244 e. The molecule has 0 radical (unpaired) electrons. The summed E-state index contributed by atoms with van der Waals surface area (Å²) < 4.78 is 26.7. The number of likely N-dealkylation sites (N-methyl/N-ethyl adjacent to an activating group) is 1. The minimum Gasteiger partial charge on any atom is -0.373 e. The van der Waals surface area contributed by atoms with Crippen LogP contribution in [-0.4, -0.2) is 45.4 Å². The first-order chi connectivity index (χ1) is 9.83. The van der Waals surface area contributed by atoms with Crippen LogP contribution in [0.15, 0.2) is 29.2 Å². The highest BCUT2D eigenvalue weighted by atomic mass is 32.2. The van der Waals surface area contributed by atoms with Gasteiger partial charge in [-0.15, -0.1) is 0 Å². The van der Waals surface area contributed by atoms with Gasteiger partial charge >= 0.3 is 0 Å². The summed E-state index contributed by atoms with van der Waals surface area (Å²) in [6.45, 7) is 6.22. The van der Waals surface area contributed by atoms with Gasteiger partial charge in [-0.05, 0) is 26.0 Å². The Kier molecular flexibility index (Phi) is 6.17. The number of rotatable bonds is 7. The lowest BCUT2D eigenvalue weighted by Crippen LogP contribution is -2.39. The fourth-order valence-corrected chi connectivity index (χ4v) is 3.08. The maximum absolute atomic E-state index is 12.1. The van der Waals surface area contributed by atoms with Crippen molar-refractivity contribution >= 4 is 21.6 Å². The molecule has 1 aromatic rings. The van der Waals surface area contributed by atoms with E-state index in [1.165, 1.54) is 6.07 Å². The van der Waals surface area contributed by atoms with Gasteiger partial charge in [0.1, 0.15) is 10.9 Å². The average Bonchev–Trinajstić information content (AvgIpc) is 2.45. The molecule has 0 fully saturated rings. The number of amides is 1. The minimum absolute atomic E-state index is 0.0897. The molecular weight excluding hydrogens is 290 g/mol. The Morgan fingerprint density at radius 3 is 2.48 bits per heavy atom. The van der Waals surface area contributed by atoms with E-state index < -0.39 is 16.1 Å². The number of carbonyl (C=O) groups excluding carboxylic acids is 1. The van der Waals surface area contributed by atoms with Crippen LogP contribution in [0.4, 0.5) is 5.69 Å².